The molecule has 0 spiro atoms. The van der Waals surface area contributed by atoms with E-state index in [0.29, 0.717) is 23.6 Å². The molecule has 0 radical (unpaired) electrons. The van der Waals surface area contributed by atoms with Crippen molar-refractivity contribution in [1.82, 2.24) is 20.1 Å². The van der Waals surface area contributed by atoms with E-state index in [0.717, 1.165) is 5.56 Å². The lowest BCUT2D eigenvalue weighted by Crippen LogP contribution is -2.26. The van der Waals surface area contributed by atoms with Gasteiger partial charge in [0, 0.05) is 7.05 Å². The molecule has 0 saturated carbocycles. The Morgan fingerprint density at radius 2 is 2.26 bits per heavy atom. The highest BCUT2D eigenvalue weighted by atomic mass is 16.1. The quantitative estimate of drug-likeness (QED) is 0.544. The first-order valence-corrected chi connectivity index (χ1v) is 5.80. The molecule has 2 aromatic rings. The summed E-state index contributed by atoms with van der Waals surface area (Å²) in [5, 5.41) is 10.4. The summed E-state index contributed by atoms with van der Waals surface area (Å²) < 4.78 is 1.75. The summed E-state index contributed by atoms with van der Waals surface area (Å²) in [4.78, 5) is 12.1. The summed E-state index contributed by atoms with van der Waals surface area (Å²) in [5.41, 5.74) is 4.59. The number of hydrogen-bond donors (Lipinski definition) is 3. The van der Waals surface area contributed by atoms with Gasteiger partial charge in [0.2, 0.25) is 0 Å². The van der Waals surface area contributed by atoms with Gasteiger partial charge in [-0.1, -0.05) is 11.6 Å². The zero-order chi connectivity index (χ0) is 13.8. The topological polar surface area (TPSA) is 97.9 Å². The highest BCUT2D eigenvalue weighted by molar-refractivity contribution is 5.99. The van der Waals surface area contributed by atoms with E-state index in [-0.39, 0.29) is 5.91 Å². The number of aryl methyl sites for hydroxylation is 2. The SMILES string of the molecule is Cc1ccc(NN)c(C(=O)NCc2nncn2C)c1. The van der Waals surface area contributed by atoms with E-state index >= 15 is 0 Å². The predicted octanol–water partition coefficient (Wildman–Crippen LogP) is 0.339. The maximum absolute atomic E-state index is 12.1. The fourth-order valence-electron chi connectivity index (χ4n) is 1.69. The highest BCUT2D eigenvalue weighted by Crippen LogP contribution is 2.16. The molecule has 1 aromatic heterocycles. The molecule has 0 fully saturated rings. The largest absolute Gasteiger partial charge is 0.345 e. The number of amides is 1. The normalized spacial score (nSPS) is 10.3. The van der Waals surface area contributed by atoms with Gasteiger partial charge < -0.3 is 15.3 Å². The van der Waals surface area contributed by atoms with Crippen molar-refractivity contribution in [2.75, 3.05) is 5.43 Å². The Bertz CT molecular complexity index is 592. The molecule has 1 amide bonds. The van der Waals surface area contributed by atoms with E-state index in [1.807, 2.05) is 20.0 Å². The second-order valence-corrected chi connectivity index (χ2v) is 4.23. The fourth-order valence-corrected chi connectivity index (χ4v) is 1.69. The van der Waals surface area contributed by atoms with Crippen LogP contribution in [0.15, 0.2) is 24.5 Å². The van der Waals surface area contributed by atoms with Crippen LogP contribution in [0.4, 0.5) is 5.69 Å². The first kappa shape index (κ1) is 13.0. The third-order valence-corrected chi connectivity index (χ3v) is 2.79. The van der Waals surface area contributed by atoms with Crippen LogP contribution in [0.25, 0.3) is 0 Å². The van der Waals surface area contributed by atoms with Crippen molar-refractivity contribution in [2.45, 2.75) is 13.5 Å². The first-order valence-electron chi connectivity index (χ1n) is 5.80. The standard InChI is InChI=1S/C12H16N6O/c1-8-3-4-10(16-13)9(5-8)12(19)14-6-11-17-15-7-18(11)2/h3-5,7,16H,6,13H2,1-2H3,(H,14,19). The molecule has 2 rings (SSSR count). The molecule has 0 bridgehead atoms. The zero-order valence-electron chi connectivity index (χ0n) is 10.8. The highest BCUT2D eigenvalue weighted by Gasteiger charge is 2.12. The summed E-state index contributed by atoms with van der Waals surface area (Å²) in [7, 11) is 1.82. The second kappa shape index (κ2) is 5.49. The fraction of sp³-hybridized carbons (Fsp3) is 0.250. The van der Waals surface area contributed by atoms with Gasteiger partial charge in [-0.25, -0.2) is 0 Å². The van der Waals surface area contributed by atoms with Crippen molar-refractivity contribution in [3.05, 3.63) is 41.5 Å². The summed E-state index contributed by atoms with van der Waals surface area (Å²) in [6.07, 6.45) is 1.58. The molecule has 1 aromatic carbocycles. The number of carbonyl (C=O) groups excluding carboxylic acids is 1. The molecule has 7 nitrogen and oxygen atoms in total. The minimum Gasteiger partial charge on any atom is -0.345 e. The van der Waals surface area contributed by atoms with Gasteiger partial charge in [0.15, 0.2) is 5.82 Å². The number of nitrogens with zero attached hydrogens (tertiary/aromatic N) is 3. The number of anilines is 1. The van der Waals surface area contributed by atoms with Crippen LogP contribution in [0.5, 0.6) is 0 Å². The number of nitrogens with two attached hydrogens (primary N) is 1. The maximum atomic E-state index is 12.1. The van der Waals surface area contributed by atoms with E-state index in [4.69, 9.17) is 5.84 Å². The number of hydrazine groups is 1. The smallest absolute Gasteiger partial charge is 0.253 e. The third-order valence-electron chi connectivity index (χ3n) is 2.79. The van der Waals surface area contributed by atoms with E-state index in [1.165, 1.54) is 0 Å². The summed E-state index contributed by atoms with van der Waals surface area (Å²) >= 11 is 0. The molecular formula is C12H16N6O. The Morgan fingerprint density at radius 1 is 1.47 bits per heavy atom. The van der Waals surface area contributed by atoms with Crippen LogP contribution in [0.2, 0.25) is 0 Å². The van der Waals surface area contributed by atoms with Gasteiger partial charge in [0.05, 0.1) is 17.8 Å². The summed E-state index contributed by atoms with van der Waals surface area (Å²) in [5.74, 6) is 5.87. The number of nitrogen functional groups attached to an aromatic ring is 1. The van der Waals surface area contributed by atoms with Gasteiger partial charge in [-0.15, -0.1) is 10.2 Å². The lowest BCUT2D eigenvalue weighted by Gasteiger charge is -2.10. The molecule has 4 N–H and O–H groups in total. The zero-order valence-corrected chi connectivity index (χ0v) is 10.8. The molecule has 0 aliphatic carbocycles. The van der Waals surface area contributed by atoms with E-state index in [1.54, 1.807) is 23.0 Å². The van der Waals surface area contributed by atoms with Crippen LogP contribution < -0.4 is 16.6 Å². The second-order valence-electron chi connectivity index (χ2n) is 4.23. The Balaban J connectivity index is 2.12. The average Bonchev–Trinajstić information content (AvgIpc) is 2.81. The first-order chi connectivity index (χ1) is 9.11. The number of benzene rings is 1. The Hall–Kier alpha value is -2.41. The molecule has 0 unspecified atom stereocenters. The Labute approximate surface area is 110 Å². The molecule has 1 heterocycles. The maximum Gasteiger partial charge on any atom is 0.253 e. The van der Waals surface area contributed by atoms with Crippen LogP contribution in [-0.2, 0) is 13.6 Å². The Kier molecular flexibility index (Phi) is 3.76. The monoisotopic (exact) mass is 260 g/mol. The van der Waals surface area contributed by atoms with Gasteiger partial charge in [-0.2, -0.15) is 0 Å². The number of aromatic nitrogens is 3. The van der Waals surface area contributed by atoms with Crippen molar-refractivity contribution in [3.8, 4) is 0 Å². The minimum absolute atomic E-state index is 0.209. The van der Waals surface area contributed by atoms with E-state index in [2.05, 4.69) is 20.9 Å². The summed E-state index contributed by atoms with van der Waals surface area (Å²) in [6.45, 7) is 2.23. The van der Waals surface area contributed by atoms with Crippen molar-refractivity contribution < 1.29 is 4.79 Å². The van der Waals surface area contributed by atoms with Gasteiger partial charge in [-0.3, -0.25) is 10.6 Å². The molecule has 0 saturated heterocycles. The molecule has 100 valence electrons. The number of nitrogens with one attached hydrogen (secondary N) is 2. The van der Waals surface area contributed by atoms with Crippen LogP contribution in [-0.4, -0.2) is 20.7 Å². The predicted molar refractivity (Wildman–Crippen MR) is 71.2 cm³/mol. The van der Waals surface area contributed by atoms with E-state index in [9.17, 15) is 4.79 Å². The van der Waals surface area contributed by atoms with Gasteiger partial charge >= 0.3 is 0 Å². The lowest BCUT2D eigenvalue weighted by atomic mass is 10.1. The van der Waals surface area contributed by atoms with Crippen molar-refractivity contribution >= 4 is 11.6 Å². The van der Waals surface area contributed by atoms with Gasteiger partial charge in [-0.05, 0) is 19.1 Å². The van der Waals surface area contributed by atoms with Crippen molar-refractivity contribution in [3.63, 3.8) is 0 Å². The molecule has 0 atom stereocenters. The Morgan fingerprint density at radius 3 is 2.89 bits per heavy atom. The molecule has 0 aliphatic rings. The van der Waals surface area contributed by atoms with Crippen LogP contribution >= 0.6 is 0 Å². The molecule has 7 heteroatoms. The third kappa shape index (κ3) is 2.89. The van der Waals surface area contributed by atoms with Gasteiger partial charge in [0.1, 0.15) is 6.33 Å². The lowest BCUT2D eigenvalue weighted by molar-refractivity contribution is 0.0950. The molecule has 0 aliphatic heterocycles. The van der Waals surface area contributed by atoms with Crippen molar-refractivity contribution in [2.24, 2.45) is 12.9 Å². The number of hydrogen-bond acceptors (Lipinski definition) is 5. The molecule has 19 heavy (non-hydrogen) atoms. The summed E-state index contributed by atoms with van der Waals surface area (Å²) in [6, 6.07) is 5.43. The number of carbonyl (C=O) groups is 1. The number of rotatable bonds is 4. The van der Waals surface area contributed by atoms with E-state index < -0.39 is 0 Å². The van der Waals surface area contributed by atoms with Gasteiger partial charge in [0.25, 0.3) is 5.91 Å². The van der Waals surface area contributed by atoms with Crippen molar-refractivity contribution in [1.29, 1.82) is 0 Å². The minimum atomic E-state index is -0.209. The molecular weight excluding hydrogens is 244 g/mol. The van der Waals surface area contributed by atoms with Crippen LogP contribution in [0.3, 0.4) is 0 Å². The average molecular weight is 260 g/mol. The van der Waals surface area contributed by atoms with Crippen LogP contribution in [0, 0.1) is 6.92 Å². The van der Waals surface area contributed by atoms with Crippen LogP contribution in [0.1, 0.15) is 21.7 Å².